The average molecular weight is 260 g/mol. The molecule has 104 valence electrons. The molecule has 0 radical (unpaired) electrons. The molecule has 3 rings (SSSR count). The number of aromatic nitrogens is 1. The summed E-state index contributed by atoms with van der Waals surface area (Å²) >= 11 is 0. The molecule has 2 fully saturated rings. The number of anilines is 1. The van der Waals surface area contributed by atoms with E-state index in [-0.39, 0.29) is 6.61 Å². The van der Waals surface area contributed by atoms with E-state index in [1.54, 1.807) is 0 Å². The quantitative estimate of drug-likeness (QED) is 0.888. The van der Waals surface area contributed by atoms with Gasteiger partial charge < -0.3 is 10.0 Å². The van der Waals surface area contributed by atoms with E-state index in [1.807, 2.05) is 6.20 Å². The summed E-state index contributed by atoms with van der Waals surface area (Å²) in [6.07, 6.45) is 8.82. The Bertz CT molecular complexity index is 446. The zero-order valence-corrected chi connectivity index (χ0v) is 11.8. The predicted octanol–water partition coefficient (Wildman–Crippen LogP) is 2.90. The summed E-state index contributed by atoms with van der Waals surface area (Å²) in [7, 11) is 0. The number of hydrogen-bond donors (Lipinski definition) is 1. The minimum absolute atomic E-state index is 0.0822. The highest BCUT2D eigenvalue weighted by atomic mass is 16.3. The lowest BCUT2D eigenvalue weighted by Crippen LogP contribution is -2.42. The van der Waals surface area contributed by atoms with Crippen LogP contribution in [0.1, 0.15) is 43.2 Å². The van der Waals surface area contributed by atoms with E-state index in [1.165, 1.54) is 44.2 Å². The van der Waals surface area contributed by atoms with Gasteiger partial charge in [0, 0.05) is 19.3 Å². The third-order valence-electron chi connectivity index (χ3n) is 4.88. The highest BCUT2D eigenvalue weighted by Gasteiger charge is 2.31. The third-order valence-corrected chi connectivity index (χ3v) is 4.88. The molecule has 0 bridgehead atoms. The number of piperidine rings is 1. The molecule has 1 aromatic rings. The second kappa shape index (κ2) is 5.49. The summed E-state index contributed by atoms with van der Waals surface area (Å²) in [6.45, 7) is 4.51. The molecule has 19 heavy (non-hydrogen) atoms. The molecule has 3 heteroatoms. The summed E-state index contributed by atoms with van der Waals surface area (Å²) in [5.74, 6) is 2.96. The van der Waals surface area contributed by atoms with Crippen molar-refractivity contribution in [3.8, 4) is 0 Å². The molecule has 1 aromatic heterocycles. The average Bonchev–Trinajstić information content (AvgIpc) is 2.46. The molecule has 3 nitrogen and oxygen atoms in total. The summed E-state index contributed by atoms with van der Waals surface area (Å²) in [5, 5.41) is 9.16. The number of rotatable bonds is 2. The van der Waals surface area contributed by atoms with Gasteiger partial charge in [-0.25, -0.2) is 4.98 Å². The van der Waals surface area contributed by atoms with Crippen molar-refractivity contribution in [3.05, 3.63) is 23.4 Å². The third kappa shape index (κ3) is 2.62. The zero-order chi connectivity index (χ0) is 13.2. The van der Waals surface area contributed by atoms with Crippen LogP contribution in [0.25, 0.3) is 0 Å². The highest BCUT2D eigenvalue weighted by Crippen LogP contribution is 2.37. The standard InChI is InChI=1S/C16H24N2O/c1-12-8-13(11-19)9-17-16(12)18-7-6-14-4-2-3-5-15(14)10-18/h8-9,14-15,19H,2-7,10-11H2,1H3. The Morgan fingerprint density at radius 3 is 2.79 bits per heavy atom. The van der Waals surface area contributed by atoms with Crippen molar-refractivity contribution in [1.82, 2.24) is 4.98 Å². The number of hydrogen-bond acceptors (Lipinski definition) is 3. The lowest BCUT2D eigenvalue weighted by Gasteiger charge is -2.42. The Morgan fingerprint density at radius 2 is 2.05 bits per heavy atom. The van der Waals surface area contributed by atoms with Crippen LogP contribution in [0.2, 0.25) is 0 Å². The zero-order valence-electron chi connectivity index (χ0n) is 11.8. The van der Waals surface area contributed by atoms with Crippen molar-refractivity contribution < 1.29 is 5.11 Å². The fourth-order valence-electron chi connectivity index (χ4n) is 3.84. The molecule has 1 saturated carbocycles. The molecular formula is C16H24N2O. The van der Waals surface area contributed by atoms with E-state index in [4.69, 9.17) is 5.11 Å². The fourth-order valence-corrected chi connectivity index (χ4v) is 3.84. The van der Waals surface area contributed by atoms with Gasteiger partial charge in [0.1, 0.15) is 5.82 Å². The lowest BCUT2D eigenvalue weighted by molar-refractivity contribution is 0.202. The van der Waals surface area contributed by atoms with Crippen LogP contribution < -0.4 is 4.90 Å². The van der Waals surface area contributed by atoms with Gasteiger partial charge in [-0.3, -0.25) is 0 Å². The molecule has 1 N–H and O–H groups in total. The Balaban J connectivity index is 1.75. The maximum absolute atomic E-state index is 9.16. The van der Waals surface area contributed by atoms with E-state index >= 15 is 0 Å². The van der Waals surface area contributed by atoms with Crippen LogP contribution in [-0.2, 0) is 6.61 Å². The normalized spacial score (nSPS) is 27.2. The molecule has 2 aliphatic rings. The van der Waals surface area contributed by atoms with Crippen LogP contribution in [0.15, 0.2) is 12.3 Å². The van der Waals surface area contributed by atoms with Crippen molar-refractivity contribution in [3.63, 3.8) is 0 Å². The van der Waals surface area contributed by atoms with Gasteiger partial charge in [-0.2, -0.15) is 0 Å². The van der Waals surface area contributed by atoms with Gasteiger partial charge in [0.2, 0.25) is 0 Å². The molecule has 1 aliphatic carbocycles. The number of pyridine rings is 1. The first kappa shape index (κ1) is 12.9. The molecule has 2 atom stereocenters. The van der Waals surface area contributed by atoms with Crippen molar-refractivity contribution in [2.75, 3.05) is 18.0 Å². The van der Waals surface area contributed by atoms with Gasteiger partial charge in [0.25, 0.3) is 0 Å². The molecule has 2 heterocycles. The van der Waals surface area contributed by atoms with Gasteiger partial charge in [0.15, 0.2) is 0 Å². The largest absolute Gasteiger partial charge is 0.392 e. The van der Waals surface area contributed by atoms with E-state index < -0.39 is 0 Å². The summed E-state index contributed by atoms with van der Waals surface area (Å²) in [6, 6.07) is 2.06. The number of nitrogens with zero attached hydrogens (tertiary/aromatic N) is 2. The molecule has 1 saturated heterocycles. The van der Waals surface area contributed by atoms with E-state index in [9.17, 15) is 0 Å². The van der Waals surface area contributed by atoms with Crippen molar-refractivity contribution in [2.24, 2.45) is 11.8 Å². The van der Waals surface area contributed by atoms with E-state index in [0.29, 0.717) is 0 Å². The van der Waals surface area contributed by atoms with E-state index in [0.717, 1.165) is 29.8 Å². The number of aliphatic hydroxyl groups excluding tert-OH is 1. The molecule has 0 aromatic carbocycles. The summed E-state index contributed by atoms with van der Waals surface area (Å²) in [4.78, 5) is 7.04. The Kier molecular flexibility index (Phi) is 3.74. The first-order valence-electron chi connectivity index (χ1n) is 7.59. The minimum Gasteiger partial charge on any atom is -0.392 e. The van der Waals surface area contributed by atoms with Crippen LogP contribution in [0.5, 0.6) is 0 Å². The van der Waals surface area contributed by atoms with Crippen LogP contribution in [0.3, 0.4) is 0 Å². The number of fused-ring (bicyclic) bond motifs is 1. The number of aliphatic hydroxyl groups is 1. The SMILES string of the molecule is Cc1cc(CO)cnc1N1CCC2CCCCC2C1. The molecule has 2 unspecified atom stereocenters. The Hall–Kier alpha value is -1.09. The molecule has 1 aliphatic heterocycles. The maximum atomic E-state index is 9.16. The summed E-state index contributed by atoms with van der Waals surface area (Å²) in [5.41, 5.74) is 2.11. The monoisotopic (exact) mass is 260 g/mol. The van der Waals surface area contributed by atoms with Gasteiger partial charge in [-0.15, -0.1) is 0 Å². The van der Waals surface area contributed by atoms with Crippen LogP contribution in [0, 0.1) is 18.8 Å². The van der Waals surface area contributed by atoms with Crippen molar-refractivity contribution in [1.29, 1.82) is 0 Å². The lowest BCUT2D eigenvalue weighted by atomic mass is 9.75. The van der Waals surface area contributed by atoms with Gasteiger partial charge in [0.05, 0.1) is 6.61 Å². The van der Waals surface area contributed by atoms with Gasteiger partial charge in [-0.1, -0.05) is 19.3 Å². The Labute approximate surface area is 115 Å². The first-order chi connectivity index (χ1) is 9.28. The van der Waals surface area contributed by atoms with Crippen molar-refractivity contribution >= 4 is 5.82 Å². The first-order valence-corrected chi connectivity index (χ1v) is 7.59. The highest BCUT2D eigenvalue weighted by molar-refractivity contribution is 5.47. The van der Waals surface area contributed by atoms with Crippen LogP contribution in [0.4, 0.5) is 5.82 Å². The van der Waals surface area contributed by atoms with E-state index in [2.05, 4.69) is 22.9 Å². The fraction of sp³-hybridized carbons (Fsp3) is 0.688. The van der Waals surface area contributed by atoms with Crippen LogP contribution in [-0.4, -0.2) is 23.2 Å². The molecular weight excluding hydrogens is 236 g/mol. The maximum Gasteiger partial charge on any atom is 0.131 e. The predicted molar refractivity (Wildman–Crippen MR) is 77.2 cm³/mol. The minimum atomic E-state index is 0.0822. The Morgan fingerprint density at radius 1 is 1.26 bits per heavy atom. The molecule has 0 spiro atoms. The van der Waals surface area contributed by atoms with Crippen molar-refractivity contribution in [2.45, 2.75) is 45.6 Å². The molecule has 0 amide bonds. The summed E-state index contributed by atoms with van der Waals surface area (Å²) < 4.78 is 0. The topological polar surface area (TPSA) is 36.4 Å². The second-order valence-electron chi connectivity index (χ2n) is 6.18. The second-order valence-corrected chi connectivity index (χ2v) is 6.18. The smallest absolute Gasteiger partial charge is 0.131 e. The van der Waals surface area contributed by atoms with Gasteiger partial charge >= 0.3 is 0 Å². The van der Waals surface area contributed by atoms with Crippen LogP contribution >= 0.6 is 0 Å². The van der Waals surface area contributed by atoms with Gasteiger partial charge in [-0.05, 0) is 48.8 Å². The number of aryl methyl sites for hydroxylation is 1.